The number of ether oxygens (including phenoxy) is 1. The fraction of sp³-hybridized carbons (Fsp3) is 0.583. The Morgan fingerprint density at radius 2 is 2.22 bits per heavy atom. The van der Waals surface area contributed by atoms with Crippen LogP contribution in [0.15, 0.2) is 12.4 Å². The first-order valence-electron chi connectivity index (χ1n) is 5.94. The number of anilines is 1. The molecule has 1 heterocycles. The van der Waals surface area contributed by atoms with Gasteiger partial charge in [-0.3, -0.25) is 4.79 Å². The zero-order chi connectivity index (χ0) is 13.6. The van der Waals surface area contributed by atoms with Crippen molar-refractivity contribution >= 4 is 11.8 Å². The molecule has 1 atom stereocenters. The van der Waals surface area contributed by atoms with E-state index in [1.807, 2.05) is 13.8 Å². The molecule has 0 saturated heterocycles. The number of nitrogens with zero attached hydrogens (tertiary/aromatic N) is 2. The molecule has 0 aliphatic heterocycles. The fourth-order valence-electron chi connectivity index (χ4n) is 1.30. The Balaban J connectivity index is 2.68. The Labute approximate surface area is 106 Å². The standard InChI is InChI=1S/C12H19N3O3/c1-4-12(3,11(16)17)7-13-9-6-10(18-5-2)15-8-14-9/h6,8H,4-5,7H2,1-3H3,(H,16,17)(H,13,14,15). The first kappa shape index (κ1) is 14.2. The van der Waals surface area contributed by atoms with Crippen molar-refractivity contribution < 1.29 is 14.6 Å². The van der Waals surface area contributed by atoms with Crippen LogP contribution in [0.2, 0.25) is 0 Å². The van der Waals surface area contributed by atoms with Crippen LogP contribution in [0.3, 0.4) is 0 Å². The van der Waals surface area contributed by atoms with Crippen molar-refractivity contribution in [3.63, 3.8) is 0 Å². The largest absolute Gasteiger partial charge is 0.481 e. The number of aromatic nitrogens is 2. The van der Waals surface area contributed by atoms with Gasteiger partial charge in [0.05, 0.1) is 12.0 Å². The molecule has 2 N–H and O–H groups in total. The lowest BCUT2D eigenvalue weighted by Crippen LogP contribution is -2.34. The van der Waals surface area contributed by atoms with Gasteiger partial charge in [0.1, 0.15) is 12.1 Å². The summed E-state index contributed by atoms with van der Waals surface area (Å²) in [5.74, 6) is 0.217. The average Bonchev–Trinajstić information content (AvgIpc) is 2.36. The third-order valence-electron chi connectivity index (χ3n) is 2.89. The monoisotopic (exact) mass is 253 g/mol. The van der Waals surface area contributed by atoms with Crippen molar-refractivity contribution in [2.45, 2.75) is 27.2 Å². The molecule has 0 bridgehead atoms. The number of carbonyl (C=O) groups is 1. The van der Waals surface area contributed by atoms with E-state index in [1.165, 1.54) is 6.33 Å². The molecule has 0 fully saturated rings. The second-order valence-corrected chi connectivity index (χ2v) is 4.25. The van der Waals surface area contributed by atoms with Gasteiger partial charge in [-0.25, -0.2) is 9.97 Å². The van der Waals surface area contributed by atoms with Gasteiger partial charge in [-0.2, -0.15) is 0 Å². The highest BCUT2D eigenvalue weighted by molar-refractivity contribution is 5.74. The maximum atomic E-state index is 11.1. The fourth-order valence-corrected chi connectivity index (χ4v) is 1.30. The summed E-state index contributed by atoms with van der Waals surface area (Å²) >= 11 is 0. The van der Waals surface area contributed by atoms with Crippen molar-refractivity contribution in [2.75, 3.05) is 18.5 Å². The summed E-state index contributed by atoms with van der Waals surface area (Å²) in [7, 11) is 0. The van der Waals surface area contributed by atoms with Gasteiger partial charge >= 0.3 is 5.97 Å². The highest BCUT2D eigenvalue weighted by Gasteiger charge is 2.30. The van der Waals surface area contributed by atoms with Gasteiger partial charge in [-0.05, 0) is 20.3 Å². The van der Waals surface area contributed by atoms with Crippen LogP contribution >= 0.6 is 0 Å². The Hall–Kier alpha value is -1.85. The minimum atomic E-state index is -0.823. The van der Waals surface area contributed by atoms with E-state index in [2.05, 4.69) is 15.3 Å². The first-order chi connectivity index (χ1) is 8.51. The lowest BCUT2D eigenvalue weighted by atomic mass is 9.88. The van der Waals surface area contributed by atoms with Crippen LogP contribution in [0.1, 0.15) is 27.2 Å². The first-order valence-corrected chi connectivity index (χ1v) is 5.94. The summed E-state index contributed by atoms with van der Waals surface area (Å²) in [5.41, 5.74) is -0.809. The third-order valence-corrected chi connectivity index (χ3v) is 2.89. The summed E-state index contributed by atoms with van der Waals surface area (Å²) in [6, 6.07) is 1.65. The average molecular weight is 253 g/mol. The van der Waals surface area contributed by atoms with E-state index in [0.717, 1.165) is 0 Å². The molecule has 6 heteroatoms. The van der Waals surface area contributed by atoms with Gasteiger partial charge in [0, 0.05) is 12.6 Å². The molecule has 0 spiro atoms. The van der Waals surface area contributed by atoms with E-state index in [9.17, 15) is 4.79 Å². The summed E-state index contributed by atoms with van der Waals surface area (Å²) < 4.78 is 5.24. The van der Waals surface area contributed by atoms with Crippen molar-refractivity contribution in [3.05, 3.63) is 12.4 Å². The molecule has 18 heavy (non-hydrogen) atoms. The van der Waals surface area contributed by atoms with Gasteiger partial charge in [0.15, 0.2) is 0 Å². The summed E-state index contributed by atoms with van der Waals surface area (Å²) in [4.78, 5) is 19.1. The van der Waals surface area contributed by atoms with E-state index in [1.54, 1.807) is 13.0 Å². The zero-order valence-electron chi connectivity index (χ0n) is 10.9. The van der Waals surface area contributed by atoms with Crippen molar-refractivity contribution in [2.24, 2.45) is 5.41 Å². The maximum absolute atomic E-state index is 11.1. The topological polar surface area (TPSA) is 84.3 Å². The maximum Gasteiger partial charge on any atom is 0.311 e. The van der Waals surface area contributed by atoms with Gasteiger partial charge < -0.3 is 15.2 Å². The third kappa shape index (κ3) is 3.58. The number of carboxylic acid groups (broad SMARTS) is 1. The van der Waals surface area contributed by atoms with E-state index in [4.69, 9.17) is 9.84 Å². The highest BCUT2D eigenvalue weighted by atomic mass is 16.5. The van der Waals surface area contributed by atoms with Crippen LogP contribution in [0, 0.1) is 5.41 Å². The predicted molar refractivity (Wildman–Crippen MR) is 67.7 cm³/mol. The number of hydrogen-bond donors (Lipinski definition) is 2. The molecule has 6 nitrogen and oxygen atoms in total. The molecule has 1 aromatic rings. The summed E-state index contributed by atoms with van der Waals surface area (Å²) in [6.45, 7) is 6.25. The minimum absolute atomic E-state index is 0.307. The van der Waals surface area contributed by atoms with Crippen molar-refractivity contribution in [3.8, 4) is 5.88 Å². The Morgan fingerprint density at radius 3 is 2.78 bits per heavy atom. The predicted octanol–water partition coefficient (Wildman–Crippen LogP) is 1.79. The van der Waals surface area contributed by atoms with Gasteiger partial charge in [0.2, 0.25) is 5.88 Å². The lowest BCUT2D eigenvalue weighted by molar-refractivity contribution is -0.147. The molecule has 0 saturated carbocycles. The van der Waals surface area contributed by atoms with Crippen molar-refractivity contribution in [1.29, 1.82) is 0 Å². The number of rotatable bonds is 7. The van der Waals surface area contributed by atoms with Gasteiger partial charge in [-0.1, -0.05) is 6.92 Å². The van der Waals surface area contributed by atoms with E-state index >= 15 is 0 Å². The second kappa shape index (κ2) is 6.18. The molecule has 1 unspecified atom stereocenters. The summed E-state index contributed by atoms with van der Waals surface area (Å²) in [5, 5.41) is 12.2. The molecule has 100 valence electrons. The number of aliphatic carboxylic acids is 1. The molecule has 0 aliphatic rings. The molecule has 0 radical (unpaired) electrons. The van der Waals surface area contributed by atoms with E-state index in [0.29, 0.717) is 31.3 Å². The second-order valence-electron chi connectivity index (χ2n) is 4.25. The SMILES string of the molecule is CCOc1cc(NCC(C)(CC)C(=O)O)ncn1. The quantitative estimate of drug-likeness (QED) is 0.770. The number of carboxylic acids is 1. The number of hydrogen-bond acceptors (Lipinski definition) is 5. The van der Waals surface area contributed by atoms with Crippen LogP contribution in [0.25, 0.3) is 0 Å². The van der Waals surface area contributed by atoms with Crippen LogP contribution in [-0.4, -0.2) is 34.2 Å². The summed E-state index contributed by atoms with van der Waals surface area (Å²) in [6.07, 6.45) is 1.93. The van der Waals surface area contributed by atoms with Crippen LogP contribution in [-0.2, 0) is 4.79 Å². The molecule has 0 aromatic carbocycles. The van der Waals surface area contributed by atoms with Crippen LogP contribution < -0.4 is 10.1 Å². The van der Waals surface area contributed by atoms with Crippen LogP contribution in [0.4, 0.5) is 5.82 Å². The molecule has 0 aliphatic carbocycles. The minimum Gasteiger partial charge on any atom is -0.481 e. The van der Waals surface area contributed by atoms with Crippen molar-refractivity contribution in [1.82, 2.24) is 9.97 Å². The Morgan fingerprint density at radius 1 is 1.50 bits per heavy atom. The molecule has 0 amide bonds. The smallest absolute Gasteiger partial charge is 0.311 e. The molecule has 1 aromatic heterocycles. The van der Waals surface area contributed by atoms with E-state index in [-0.39, 0.29) is 0 Å². The highest BCUT2D eigenvalue weighted by Crippen LogP contribution is 2.22. The molecule has 1 rings (SSSR count). The Bertz CT molecular complexity index is 411. The van der Waals surface area contributed by atoms with Crippen LogP contribution in [0.5, 0.6) is 5.88 Å². The number of nitrogens with one attached hydrogen (secondary N) is 1. The van der Waals surface area contributed by atoms with E-state index < -0.39 is 11.4 Å². The van der Waals surface area contributed by atoms with Gasteiger partial charge in [-0.15, -0.1) is 0 Å². The molecular weight excluding hydrogens is 234 g/mol. The Kier molecular flexibility index (Phi) is 4.88. The molecular formula is C12H19N3O3. The normalized spacial score (nSPS) is 13.7. The lowest BCUT2D eigenvalue weighted by Gasteiger charge is -2.23. The zero-order valence-corrected chi connectivity index (χ0v) is 10.9. The van der Waals surface area contributed by atoms with Gasteiger partial charge in [0.25, 0.3) is 0 Å².